The highest BCUT2D eigenvalue weighted by Gasteiger charge is 2.46. The van der Waals surface area contributed by atoms with Crippen molar-refractivity contribution in [1.29, 1.82) is 0 Å². The van der Waals surface area contributed by atoms with E-state index < -0.39 is 5.54 Å². The first-order chi connectivity index (χ1) is 5.60. The van der Waals surface area contributed by atoms with Crippen molar-refractivity contribution in [2.75, 3.05) is 7.11 Å². The molecule has 1 N–H and O–H groups in total. The van der Waals surface area contributed by atoms with Crippen molar-refractivity contribution in [3.8, 4) is 0 Å². The summed E-state index contributed by atoms with van der Waals surface area (Å²) in [7, 11) is 1.34. The van der Waals surface area contributed by atoms with Crippen LogP contribution in [-0.4, -0.2) is 22.5 Å². The molecule has 0 radical (unpaired) electrons. The van der Waals surface area contributed by atoms with E-state index in [2.05, 4.69) is 10.1 Å². The highest BCUT2D eigenvalue weighted by molar-refractivity contribution is 14.1. The lowest BCUT2D eigenvalue weighted by molar-refractivity contribution is -0.151. The van der Waals surface area contributed by atoms with Gasteiger partial charge in [-0.1, -0.05) is 0 Å². The van der Waals surface area contributed by atoms with Crippen molar-refractivity contribution >= 4 is 32.5 Å². The van der Waals surface area contributed by atoms with Crippen molar-refractivity contribution in [2.24, 2.45) is 0 Å². The molecule has 0 aromatic rings. The van der Waals surface area contributed by atoms with E-state index in [0.29, 0.717) is 12.8 Å². The van der Waals surface area contributed by atoms with E-state index >= 15 is 0 Å². The molecule has 12 heavy (non-hydrogen) atoms. The number of carbonyl (C=O) groups is 2. The molecular formula is C7H10INO3. The lowest BCUT2D eigenvalue weighted by Gasteiger charge is -2.38. The molecule has 0 aliphatic heterocycles. The second-order valence-electron chi connectivity index (χ2n) is 2.83. The van der Waals surface area contributed by atoms with E-state index in [1.165, 1.54) is 7.11 Å². The Balaban J connectivity index is 2.62. The third-order valence-electron chi connectivity index (χ3n) is 2.12. The molecule has 5 heteroatoms. The first kappa shape index (κ1) is 9.76. The Labute approximate surface area is 84.2 Å². The molecule has 0 aromatic heterocycles. The van der Waals surface area contributed by atoms with E-state index in [9.17, 15) is 9.59 Å². The van der Waals surface area contributed by atoms with Crippen molar-refractivity contribution in [3.05, 3.63) is 0 Å². The van der Waals surface area contributed by atoms with Crippen LogP contribution in [0.15, 0.2) is 0 Å². The molecule has 0 unspecified atom stereocenters. The minimum Gasteiger partial charge on any atom is -0.467 e. The summed E-state index contributed by atoms with van der Waals surface area (Å²) >= 11 is 1.62. The van der Waals surface area contributed by atoms with E-state index in [1.54, 1.807) is 22.6 Å². The predicted octanol–water partition coefficient (Wildman–Crippen LogP) is 1.23. The Kier molecular flexibility index (Phi) is 2.92. The van der Waals surface area contributed by atoms with Gasteiger partial charge in [0.2, 0.25) is 0 Å². The molecule has 0 spiro atoms. The number of hydrogen-bond donors (Lipinski definition) is 1. The Morgan fingerprint density at radius 2 is 2.08 bits per heavy atom. The summed E-state index contributed by atoms with van der Waals surface area (Å²) in [5, 5.41) is 2.62. The summed E-state index contributed by atoms with van der Waals surface area (Å²) in [5.41, 5.74) is -0.715. The van der Waals surface area contributed by atoms with Gasteiger partial charge in [-0.2, -0.15) is 0 Å². The topological polar surface area (TPSA) is 55.4 Å². The fourth-order valence-corrected chi connectivity index (χ4v) is 1.81. The highest BCUT2D eigenvalue weighted by Crippen LogP contribution is 2.33. The monoisotopic (exact) mass is 283 g/mol. The van der Waals surface area contributed by atoms with Gasteiger partial charge in [-0.15, -0.1) is 0 Å². The number of esters is 1. The van der Waals surface area contributed by atoms with E-state index in [4.69, 9.17) is 0 Å². The van der Waals surface area contributed by atoms with Gasteiger partial charge in [-0.3, -0.25) is 4.79 Å². The fourth-order valence-electron chi connectivity index (χ4n) is 1.29. The van der Waals surface area contributed by atoms with E-state index in [-0.39, 0.29) is 9.88 Å². The van der Waals surface area contributed by atoms with Crippen LogP contribution in [0.1, 0.15) is 19.3 Å². The second kappa shape index (κ2) is 3.59. The van der Waals surface area contributed by atoms with Gasteiger partial charge in [0.1, 0.15) is 5.54 Å². The third-order valence-corrected chi connectivity index (χ3v) is 2.39. The first-order valence-corrected chi connectivity index (χ1v) is 4.75. The lowest BCUT2D eigenvalue weighted by Crippen LogP contribution is -2.58. The Morgan fingerprint density at radius 3 is 2.33 bits per heavy atom. The molecule has 0 aromatic carbocycles. The summed E-state index contributed by atoms with van der Waals surface area (Å²) in [5.74, 6) is -0.334. The Morgan fingerprint density at radius 1 is 1.50 bits per heavy atom. The smallest absolute Gasteiger partial charge is 0.331 e. The standard InChI is InChI=1S/C7H10INO3/c1-12-5(10)7(3-2-4-7)9-6(8)11/h2-4H2,1H3,(H,9,11). The Hall–Kier alpha value is -0.330. The average molecular weight is 283 g/mol. The second-order valence-corrected chi connectivity index (χ2v) is 3.81. The minimum absolute atomic E-state index is 0.210. The average Bonchev–Trinajstić information content (AvgIpc) is 1.95. The van der Waals surface area contributed by atoms with Crippen LogP contribution in [0.25, 0.3) is 0 Å². The van der Waals surface area contributed by atoms with Gasteiger partial charge in [0, 0.05) is 22.6 Å². The van der Waals surface area contributed by atoms with Crippen LogP contribution in [0.3, 0.4) is 0 Å². The predicted molar refractivity (Wildman–Crippen MR) is 51.1 cm³/mol. The van der Waals surface area contributed by atoms with Crippen molar-refractivity contribution in [3.63, 3.8) is 0 Å². The zero-order valence-electron chi connectivity index (χ0n) is 6.72. The van der Waals surface area contributed by atoms with Crippen LogP contribution < -0.4 is 5.32 Å². The molecule has 1 saturated carbocycles. The zero-order valence-corrected chi connectivity index (χ0v) is 8.88. The first-order valence-electron chi connectivity index (χ1n) is 3.67. The van der Waals surface area contributed by atoms with Crippen LogP contribution in [-0.2, 0) is 9.53 Å². The molecule has 1 aliphatic rings. The maximum absolute atomic E-state index is 11.2. The van der Waals surface area contributed by atoms with Gasteiger partial charge < -0.3 is 10.1 Å². The van der Waals surface area contributed by atoms with Crippen molar-refractivity contribution < 1.29 is 14.3 Å². The van der Waals surface area contributed by atoms with Gasteiger partial charge in [-0.05, 0) is 19.3 Å². The summed E-state index contributed by atoms with van der Waals surface area (Å²) in [6, 6.07) is 0. The summed E-state index contributed by atoms with van der Waals surface area (Å²) in [6.45, 7) is 0. The number of hydrogen-bond acceptors (Lipinski definition) is 3. The maximum atomic E-state index is 11.2. The molecule has 1 aliphatic carbocycles. The van der Waals surface area contributed by atoms with Crippen molar-refractivity contribution in [1.82, 2.24) is 5.32 Å². The van der Waals surface area contributed by atoms with Crippen molar-refractivity contribution in [2.45, 2.75) is 24.8 Å². The van der Waals surface area contributed by atoms with Crippen LogP contribution >= 0.6 is 22.6 Å². The molecule has 0 bridgehead atoms. The van der Waals surface area contributed by atoms with Crippen LogP contribution in [0.2, 0.25) is 0 Å². The van der Waals surface area contributed by atoms with Gasteiger partial charge in [0.15, 0.2) is 0 Å². The molecule has 68 valence electrons. The quantitative estimate of drug-likeness (QED) is 0.359. The van der Waals surface area contributed by atoms with Gasteiger partial charge in [0.05, 0.1) is 7.11 Å². The number of carbonyl (C=O) groups excluding carboxylic acids is 2. The van der Waals surface area contributed by atoms with Gasteiger partial charge in [-0.25, -0.2) is 4.79 Å². The summed E-state index contributed by atoms with van der Waals surface area (Å²) in [4.78, 5) is 22.0. The van der Waals surface area contributed by atoms with E-state index in [0.717, 1.165) is 6.42 Å². The SMILES string of the molecule is COC(=O)C1(NC(=O)I)CCC1. The van der Waals surface area contributed by atoms with Gasteiger partial charge in [0.25, 0.3) is 3.91 Å². The summed E-state index contributed by atoms with van der Waals surface area (Å²) in [6.07, 6.45) is 2.34. The molecule has 0 atom stereocenters. The van der Waals surface area contributed by atoms with Crippen LogP contribution in [0.5, 0.6) is 0 Å². The van der Waals surface area contributed by atoms with Gasteiger partial charge >= 0.3 is 5.97 Å². The molecule has 0 heterocycles. The fraction of sp³-hybridized carbons (Fsp3) is 0.714. The summed E-state index contributed by atoms with van der Waals surface area (Å²) < 4.78 is 4.39. The largest absolute Gasteiger partial charge is 0.467 e. The molecular weight excluding hydrogens is 273 g/mol. The normalized spacial score (nSPS) is 19.2. The zero-order chi connectivity index (χ0) is 9.19. The number of methoxy groups -OCH3 is 1. The Bertz CT molecular complexity index is 213. The molecule has 1 rings (SSSR count). The highest BCUT2D eigenvalue weighted by atomic mass is 127. The lowest BCUT2D eigenvalue weighted by atomic mass is 9.77. The molecule has 1 amide bonds. The van der Waals surface area contributed by atoms with E-state index in [1.807, 2.05) is 0 Å². The van der Waals surface area contributed by atoms with Crippen LogP contribution in [0.4, 0.5) is 4.79 Å². The number of amides is 1. The third kappa shape index (κ3) is 1.70. The molecule has 4 nitrogen and oxygen atoms in total. The molecule has 1 fully saturated rings. The number of rotatable bonds is 2. The van der Waals surface area contributed by atoms with Crippen LogP contribution in [0, 0.1) is 0 Å². The number of ether oxygens (including phenoxy) is 1. The number of nitrogens with one attached hydrogen (secondary N) is 1. The molecule has 0 saturated heterocycles. The number of halogens is 1. The maximum Gasteiger partial charge on any atom is 0.331 e. The minimum atomic E-state index is -0.715.